The molecule has 0 aliphatic carbocycles. The standard InChI is InChI=1S/C17H24F3N3O2.ClH/c18-17(19,20)25-15-5-2-14(3-6-15)4-7-16(24)22-8-1-11-23-12-9-21-10-13-23;/h2-3,5-6,21H,1,4,7-13H2,(H,22,24);1H. The van der Waals surface area contributed by atoms with Gasteiger partial charge in [0.1, 0.15) is 5.75 Å². The fraction of sp³-hybridized carbons (Fsp3) is 0.588. The Bertz CT molecular complexity index is 535. The third-order valence-corrected chi connectivity index (χ3v) is 3.98. The zero-order valence-corrected chi connectivity index (χ0v) is 15.3. The molecule has 1 heterocycles. The fourth-order valence-corrected chi connectivity index (χ4v) is 2.67. The maximum absolute atomic E-state index is 12.1. The molecule has 1 aromatic carbocycles. The summed E-state index contributed by atoms with van der Waals surface area (Å²) < 4.78 is 40.1. The molecule has 26 heavy (non-hydrogen) atoms. The minimum absolute atomic E-state index is 0. The van der Waals surface area contributed by atoms with Crippen LogP contribution >= 0.6 is 12.4 Å². The molecular weight excluding hydrogens is 371 g/mol. The number of carbonyl (C=O) groups excluding carboxylic acids is 1. The zero-order valence-electron chi connectivity index (χ0n) is 14.5. The van der Waals surface area contributed by atoms with Crippen LogP contribution in [0.4, 0.5) is 13.2 Å². The Hall–Kier alpha value is -1.51. The van der Waals surface area contributed by atoms with E-state index in [0.717, 1.165) is 44.7 Å². The summed E-state index contributed by atoms with van der Waals surface area (Å²) >= 11 is 0. The molecule has 0 atom stereocenters. The van der Waals surface area contributed by atoms with E-state index >= 15 is 0 Å². The molecule has 1 aromatic rings. The molecule has 0 bridgehead atoms. The summed E-state index contributed by atoms with van der Waals surface area (Å²) in [5.74, 6) is -0.301. The quantitative estimate of drug-likeness (QED) is 0.663. The Labute approximate surface area is 157 Å². The molecule has 1 amide bonds. The molecule has 1 fully saturated rings. The van der Waals surface area contributed by atoms with Crippen molar-refractivity contribution in [2.75, 3.05) is 39.3 Å². The second kappa shape index (κ2) is 11.3. The summed E-state index contributed by atoms with van der Waals surface area (Å²) in [7, 11) is 0. The van der Waals surface area contributed by atoms with Crippen molar-refractivity contribution in [1.82, 2.24) is 15.5 Å². The van der Waals surface area contributed by atoms with Crippen LogP contribution in [-0.2, 0) is 11.2 Å². The van der Waals surface area contributed by atoms with E-state index in [-0.39, 0.29) is 24.1 Å². The van der Waals surface area contributed by atoms with Gasteiger partial charge in [-0.1, -0.05) is 12.1 Å². The summed E-state index contributed by atoms with van der Waals surface area (Å²) in [5, 5.41) is 6.18. The van der Waals surface area contributed by atoms with Crippen LogP contribution in [-0.4, -0.2) is 56.4 Å². The Morgan fingerprint density at radius 2 is 1.85 bits per heavy atom. The summed E-state index contributed by atoms with van der Waals surface area (Å²) in [6, 6.07) is 5.60. The smallest absolute Gasteiger partial charge is 0.406 e. The summed E-state index contributed by atoms with van der Waals surface area (Å²) in [4.78, 5) is 14.2. The van der Waals surface area contributed by atoms with Gasteiger partial charge in [-0.2, -0.15) is 0 Å². The number of nitrogens with one attached hydrogen (secondary N) is 2. The molecule has 0 unspecified atom stereocenters. The van der Waals surface area contributed by atoms with Gasteiger partial charge in [-0.3, -0.25) is 4.79 Å². The van der Waals surface area contributed by atoms with Gasteiger partial charge in [0.2, 0.25) is 5.91 Å². The summed E-state index contributed by atoms with van der Waals surface area (Å²) in [6.45, 7) is 5.73. The molecule has 148 valence electrons. The van der Waals surface area contributed by atoms with E-state index in [1.165, 1.54) is 12.1 Å². The van der Waals surface area contributed by atoms with Gasteiger partial charge in [0.15, 0.2) is 0 Å². The van der Waals surface area contributed by atoms with Crippen molar-refractivity contribution >= 4 is 18.3 Å². The lowest BCUT2D eigenvalue weighted by Crippen LogP contribution is -2.44. The van der Waals surface area contributed by atoms with Crippen LogP contribution in [0.5, 0.6) is 5.75 Å². The first kappa shape index (κ1) is 22.5. The SMILES string of the molecule is Cl.O=C(CCc1ccc(OC(F)(F)F)cc1)NCCCN1CCNCC1. The molecule has 5 nitrogen and oxygen atoms in total. The number of carbonyl (C=O) groups is 1. The topological polar surface area (TPSA) is 53.6 Å². The van der Waals surface area contributed by atoms with Crippen molar-refractivity contribution in [3.05, 3.63) is 29.8 Å². The van der Waals surface area contributed by atoms with Crippen molar-refractivity contribution < 1.29 is 22.7 Å². The van der Waals surface area contributed by atoms with Gasteiger partial charge in [-0.25, -0.2) is 0 Å². The number of hydrogen-bond donors (Lipinski definition) is 2. The van der Waals surface area contributed by atoms with Gasteiger partial charge < -0.3 is 20.3 Å². The Morgan fingerprint density at radius 1 is 1.19 bits per heavy atom. The normalized spacial score (nSPS) is 15.2. The van der Waals surface area contributed by atoms with Crippen LogP contribution in [0.2, 0.25) is 0 Å². The Balaban J connectivity index is 0.00000338. The predicted octanol–water partition coefficient (Wildman–Crippen LogP) is 2.35. The Morgan fingerprint density at radius 3 is 2.46 bits per heavy atom. The molecule has 1 aliphatic heterocycles. The van der Waals surface area contributed by atoms with Crippen molar-refractivity contribution in [3.8, 4) is 5.75 Å². The number of alkyl halides is 3. The van der Waals surface area contributed by atoms with Gasteiger partial charge in [0, 0.05) is 39.1 Å². The second-order valence-electron chi connectivity index (χ2n) is 5.99. The minimum atomic E-state index is -4.69. The van der Waals surface area contributed by atoms with Crippen LogP contribution in [0.3, 0.4) is 0 Å². The number of rotatable bonds is 8. The largest absolute Gasteiger partial charge is 0.573 e. The number of halogens is 4. The molecule has 2 N–H and O–H groups in total. The molecule has 0 radical (unpaired) electrons. The van der Waals surface area contributed by atoms with E-state index in [0.29, 0.717) is 19.4 Å². The number of aryl methyl sites for hydroxylation is 1. The lowest BCUT2D eigenvalue weighted by Gasteiger charge is -2.27. The molecule has 0 aromatic heterocycles. The molecule has 0 saturated carbocycles. The molecule has 9 heteroatoms. The van der Waals surface area contributed by atoms with Crippen molar-refractivity contribution in [2.24, 2.45) is 0 Å². The molecule has 0 spiro atoms. The third-order valence-electron chi connectivity index (χ3n) is 3.98. The lowest BCUT2D eigenvalue weighted by molar-refractivity contribution is -0.274. The highest BCUT2D eigenvalue weighted by Gasteiger charge is 2.30. The van der Waals surface area contributed by atoms with Crippen LogP contribution in [0.15, 0.2) is 24.3 Å². The van der Waals surface area contributed by atoms with Gasteiger partial charge in [-0.05, 0) is 37.1 Å². The molecule has 1 aliphatic rings. The maximum atomic E-state index is 12.1. The highest BCUT2D eigenvalue weighted by molar-refractivity contribution is 5.85. The van der Waals surface area contributed by atoms with Gasteiger partial charge in [0.05, 0.1) is 0 Å². The zero-order chi connectivity index (χ0) is 18.1. The first-order valence-corrected chi connectivity index (χ1v) is 8.47. The van der Waals surface area contributed by atoms with Gasteiger partial charge >= 0.3 is 6.36 Å². The Kier molecular flexibility index (Phi) is 9.75. The van der Waals surface area contributed by atoms with E-state index in [4.69, 9.17) is 0 Å². The summed E-state index contributed by atoms with van der Waals surface area (Å²) in [5.41, 5.74) is 0.797. The number of nitrogens with zero attached hydrogens (tertiary/aromatic N) is 1. The van der Waals surface area contributed by atoms with Crippen LogP contribution < -0.4 is 15.4 Å². The first-order chi connectivity index (χ1) is 11.9. The van der Waals surface area contributed by atoms with Gasteiger partial charge in [-0.15, -0.1) is 25.6 Å². The van der Waals surface area contributed by atoms with E-state index in [1.54, 1.807) is 12.1 Å². The van der Waals surface area contributed by atoms with E-state index < -0.39 is 6.36 Å². The predicted molar refractivity (Wildman–Crippen MR) is 95.6 cm³/mol. The highest BCUT2D eigenvalue weighted by atomic mass is 35.5. The fourth-order valence-electron chi connectivity index (χ4n) is 2.67. The van der Waals surface area contributed by atoms with Crippen molar-refractivity contribution in [1.29, 1.82) is 0 Å². The van der Waals surface area contributed by atoms with Crippen LogP contribution in [0.25, 0.3) is 0 Å². The average molecular weight is 396 g/mol. The number of hydrogen-bond acceptors (Lipinski definition) is 4. The van der Waals surface area contributed by atoms with E-state index in [2.05, 4.69) is 20.3 Å². The van der Waals surface area contributed by atoms with Gasteiger partial charge in [0.25, 0.3) is 0 Å². The lowest BCUT2D eigenvalue weighted by atomic mass is 10.1. The number of benzene rings is 1. The van der Waals surface area contributed by atoms with Crippen LogP contribution in [0.1, 0.15) is 18.4 Å². The van der Waals surface area contributed by atoms with Crippen LogP contribution in [0, 0.1) is 0 Å². The molecular formula is C17H25ClF3N3O2. The molecule has 1 saturated heterocycles. The van der Waals surface area contributed by atoms with Crippen molar-refractivity contribution in [2.45, 2.75) is 25.6 Å². The molecule has 2 rings (SSSR count). The monoisotopic (exact) mass is 395 g/mol. The summed E-state index contributed by atoms with van der Waals surface area (Å²) in [6.07, 6.45) is -2.98. The third kappa shape index (κ3) is 9.26. The average Bonchev–Trinajstić information content (AvgIpc) is 2.58. The first-order valence-electron chi connectivity index (χ1n) is 8.47. The highest BCUT2D eigenvalue weighted by Crippen LogP contribution is 2.22. The number of ether oxygens (including phenoxy) is 1. The van der Waals surface area contributed by atoms with Crippen molar-refractivity contribution in [3.63, 3.8) is 0 Å². The maximum Gasteiger partial charge on any atom is 0.573 e. The number of amides is 1. The van der Waals surface area contributed by atoms with E-state index in [9.17, 15) is 18.0 Å². The minimum Gasteiger partial charge on any atom is -0.406 e. The van der Waals surface area contributed by atoms with E-state index in [1.807, 2.05) is 0 Å². The second-order valence-corrected chi connectivity index (χ2v) is 5.99. The number of piperazine rings is 1.